The molecule has 2 rings (SSSR count). The van der Waals surface area contributed by atoms with E-state index in [1.165, 1.54) is 17.1 Å². The second-order valence-corrected chi connectivity index (χ2v) is 5.94. The molecule has 0 bridgehead atoms. The van der Waals surface area contributed by atoms with Crippen LogP contribution in [0.5, 0.6) is 0 Å². The minimum absolute atomic E-state index is 0.754. The number of carbonyl (C=O) groups excluding carboxylic acids is 1. The summed E-state index contributed by atoms with van der Waals surface area (Å²) >= 11 is 5.55. The molecule has 1 aromatic rings. The van der Waals surface area contributed by atoms with Crippen LogP contribution in [0.3, 0.4) is 0 Å². The van der Waals surface area contributed by atoms with Crippen LogP contribution in [0.1, 0.15) is 15.9 Å². The zero-order valence-corrected chi connectivity index (χ0v) is 11.4. The maximum atomic E-state index is 10.7. The second kappa shape index (κ2) is 5.84. The summed E-state index contributed by atoms with van der Waals surface area (Å²) in [5.41, 5.74) is 1.96. The molecule has 0 aliphatic carbocycles. The summed E-state index contributed by atoms with van der Waals surface area (Å²) < 4.78 is 1.09. The molecular formula is C12H14BrNOS. The average molecular weight is 300 g/mol. The van der Waals surface area contributed by atoms with Gasteiger partial charge in [0.2, 0.25) is 0 Å². The van der Waals surface area contributed by atoms with E-state index in [4.69, 9.17) is 0 Å². The fourth-order valence-electron chi connectivity index (χ4n) is 1.79. The van der Waals surface area contributed by atoms with Gasteiger partial charge in [-0.3, -0.25) is 9.69 Å². The molecule has 0 amide bonds. The quantitative estimate of drug-likeness (QED) is 0.801. The van der Waals surface area contributed by atoms with Gasteiger partial charge in [-0.2, -0.15) is 11.8 Å². The van der Waals surface area contributed by atoms with Gasteiger partial charge in [0.15, 0.2) is 0 Å². The van der Waals surface area contributed by atoms with Gasteiger partial charge in [0.25, 0.3) is 0 Å². The van der Waals surface area contributed by atoms with E-state index in [0.717, 1.165) is 36.0 Å². The number of hydrogen-bond acceptors (Lipinski definition) is 3. The zero-order chi connectivity index (χ0) is 11.4. The normalized spacial score (nSPS) is 17.3. The average Bonchev–Trinajstić information content (AvgIpc) is 2.33. The number of halogens is 1. The number of benzene rings is 1. The molecular weight excluding hydrogens is 286 g/mol. The van der Waals surface area contributed by atoms with Gasteiger partial charge in [0, 0.05) is 41.2 Å². The molecule has 1 aliphatic heterocycles. The molecule has 86 valence electrons. The third kappa shape index (κ3) is 3.09. The van der Waals surface area contributed by atoms with Crippen LogP contribution in [0.25, 0.3) is 0 Å². The molecule has 0 unspecified atom stereocenters. The fourth-order valence-corrected chi connectivity index (χ4v) is 3.14. The van der Waals surface area contributed by atoms with Crippen LogP contribution in [0.15, 0.2) is 22.7 Å². The van der Waals surface area contributed by atoms with Crippen LogP contribution < -0.4 is 0 Å². The second-order valence-electron chi connectivity index (χ2n) is 3.86. The monoisotopic (exact) mass is 299 g/mol. The summed E-state index contributed by atoms with van der Waals surface area (Å²) in [6.07, 6.45) is 0.905. The van der Waals surface area contributed by atoms with Crippen LogP contribution >= 0.6 is 27.7 Å². The Hall–Kier alpha value is -0.320. The van der Waals surface area contributed by atoms with Crippen molar-refractivity contribution in [3.8, 4) is 0 Å². The molecule has 2 nitrogen and oxygen atoms in total. The number of nitrogens with zero attached hydrogens (tertiary/aromatic N) is 1. The van der Waals surface area contributed by atoms with Gasteiger partial charge >= 0.3 is 0 Å². The van der Waals surface area contributed by atoms with E-state index in [9.17, 15) is 4.79 Å². The van der Waals surface area contributed by atoms with Crippen molar-refractivity contribution in [1.29, 1.82) is 0 Å². The Morgan fingerprint density at radius 3 is 2.81 bits per heavy atom. The van der Waals surface area contributed by atoms with Crippen molar-refractivity contribution in [3.63, 3.8) is 0 Å². The Balaban J connectivity index is 2.09. The highest BCUT2D eigenvalue weighted by atomic mass is 79.9. The number of aldehydes is 1. The van der Waals surface area contributed by atoms with Gasteiger partial charge < -0.3 is 0 Å². The molecule has 0 saturated carbocycles. The van der Waals surface area contributed by atoms with Crippen molar-refractivity contribution < 1.29 is 4.79 Å². The molecule has 1 fully saturated rings. The number of carbonyl (C=O) groups is 1. The van der Waals surface area contributed by atoms with Crippen LogP contribution in [-0.2, 0) is 6.54 Å². The first kappa shape index (κ1) is 12.1. The maximum Gasteiger partial charge on any atom is 0.150 e. The summed E-state index contributed by atoms with van der Waals surface area (Å²) in [6, 6.07) is 5.77. The number of rotatable bonds is 3. The topological polar surface area (TPSA) is 20.3 Å². The van der Waals surface area contributed by atoms with E-state index in [1.54, 1.807) is 0 Å². The van der Waals surface area contributed by atoms with E-state index in [-0.39, 0.29) is 0 Å². The summed E-state index contributed by atoms with van der Waals surface area (Å²) in [7, 11) is 0. The van der Waals surface area contributed by atoms with Crippen LogP contribution in [0, 0.1) is 0 Å². The smallest absolute Gasteiger partial charge is 0.150 e. The molecule has 0 radical (unpaired) electrons. The van der Waals surface area contributed by atoms with E-state index in [2.05, 4.69) is 20.8 Å². The predicted molar refractivity (Wildman–Crippen MR) is 72.1 cm³/mol. The Labute approximate surface area is 109 Å². The lowest BCUT2D eigenvalue weighted by molar-refractivity contribution is 0.112. The van der Waals surface area contributed by atoms with E-state index >= 15 is 0 Å². The largest absolute Gasteiger partial charge is 0.298 e. The van der Waals surface area contributed by atoms with Crippen molar-refractivity contribution >= 4 is 34.0 Å². The van der Waals surface area contributed by atoms with E-state index in [1.807, 2.05) is 30.0 Å². The van der Waals surface area contributed by atoms with Crippen molar-refractivity contribution in [2.45, 2.75) is 6.54 Å². The summed E-state index contributed by atoms with van der Waals surface area (Å²) in [5, 5.41) is 0. The third-order valence-electron chi connectivity index (χ3n) is 2.70. The molecule has 4 heteroatoms. The summed E-state index contributed by atoms with van der Waals surface area (Å²) in [4.78, 5) is 13.2. The zero-order valence-electron chi connectivity index (χ0n) is 8.99. The van der Waals surface area contributed by atoms with Gasteiger partial charge in [-0.25, -0.2) is 0 Å². The minimum atomic E-state index is 0.754. The lowest BCUT2D eigenvalue weighted by atomic mass is 10.1. The van der Waals surface area contributed by atoms with Gasteiger partial charge in [-0.1, -0.05) is 22.0 Å². The molecule has 1 aliphatic rings. The molecule has 1 saturated heterocycles. The summed E-state index contributed by atoms with van der Waals surface area (Å²) in [5.74, 6) is 2.43. The highest BCUT2D eigenvalue weighted by Gasteiger charge is 2.12. The van der Waals surface area contributed by atoms with Crippen molar-refractivity contribution in [3.05, 3.63) is 33.8 Å². The standard InChI is InChI=1S/C12H14BrNOS/c13-12-2-1-10(9-15)7-11(12)8-14-3-5-16-6-4-14/h1-2,7,9H,3-6,8H2. The lowest BCUT2D eigenvalue weighted by Gasteiger charge is -2.26. The Morgan fingerprint density at radius 2 is 2.12 bits per heavy atom. The SMILES string of the molecule is O=Cc1ccc(Br)c(CN2CCSCC2)c1. The Morgan fingerprint density at radius 1 is 1.38 bits per heavy atom. The van der Waals surface area contributed by atoms with Gasteiger partial charge in [-0.05, 0) is 17.7 Å². The highest BCUT2D eigenvalue weighted by molar-refractivity contribution is 9.10. The molecule has 1 heterocycles. The maximum absolute atomic E-state index is 10.7. The molecule has 1 aromatic carbocycles. The van der Waals surface area contributed by atoms with Gasteiger partial charge in [-0.15, -0.1) is 0 Å². The minimum Gasteiger partial charge on any atom is -0.298 e. The van der Waals surface area contributed by atoms with E-state index < -0.39 is 0 Å². The lowest BCUT2D eigenvalue weighted by Crippen LogP contribution is -2.32. The van der Waals surface area contributed by atoms with Crippen LogP contribution in [0.4, 0.5) is 0 Å². The van der Waals surface area contributed by atoms with Gasteiger partial charge in [0.1, 0.15) is 6.29 Å². The molecule has 0 atom stereocenters. The molecule has 0 spiro atoms. The van der Waals surface area contributed by atoms with Crippen LogP contribution in [0.2, 0.25) is 0 Å². The number of thioether (sulfide) groups is 1. The van der Waals surface area contributed by atoms with Crippen molar-refractivity contribution in [1.82, 2.24) is 4.90 Å². The number of hydrogen-bond donors (Lipinski definition) is 0. The molecule has 16 heavy (non-hydrogen) atoms. The molecule has 0 N–H and O–H groups in total. The highest BCUT2D eigenvalue weighted by Crippen LogP contribution is 2.21. The van der Waals surface area contributed by atoms with Crippen molar-refractivity contribution in [2.24, 2.45) is 0 Å². The molecule has 0 aromatic heterocycles. The summed E-state index contributed by atoms with van der Waals surface area (Å²) in [6.45, 7) is 3.22. The fraction of sp³-hybridized carbons (Fsp3) is 0.417. The third-order valence-corrected chi connectivity index (χ3v) is 4.42. The first-order chi connectivity index (χ1) is 7.79. The Kier molecular flexibility index (Phi) is 4.44. The van der Waals surface area contributed by atoms with Gasteiger partial charge in [0.05, 0.1) is 0 Å². The van der Waals surface area contributed by atoms with Crippen molar-refractivity contribution in [2.75, 3.05) is 24.6 Å². The first-order valence-corrected chi connectivity index (χ1v) is 7.28. The first-order valence-electron chi connectivity index (χ1n) is 5.33. The Bertz CT molecular complexity index is 377. The van der Waals surface area contributed by atoms with E-state index in [0.29, 0.717) is 0 Å². The predicted octanol–water partition coefficient (Wildman–Crippen LogP) is 2.81. The van der Waals surface area contributed by atoms with Crippen LogP contribution in [-0.4, -0.2) is 35.8 Å².